The zero-order valence-corrected chi connectivity index (χ0v) is 16.3. The van der Waals surface area contributed by atoms with Crippen LogP contribution in [0.1, 0.15) is 16.8 Å². The Morgan fingerprint density at radius 2 is 1.69 bits per heavy atom. The molecule has 1 amide bonds. The van der Waals surface area contributed by atoms with Crippen LogP contribution in [0.15, 0.2) is 53.5 Å². The van der Waals surface area contributed by atoms with E-state index in [-0.39, 0.29) is 11.6 Å². The molecule has 1 fully saturated rings. The summed E-state index contributed by atoms with van der Waals surface area (Å²) < 4.78 is 0. The lowest BCUT2D eigenvalue weighted by atomic mass is 10.1. The predicted molar refractivity (Wildman–Crippen MR) is 112 cm³/mol. The standard InChI is InChI=1S/C21H23N5O3/c1-23-12-14-24(15-13-23)20-10-11-25(19-5-3-2-4-18(19)22-20)21(27)16-6-8-17(9-7-16)26(28)29/h2-9H,10-15H2,1H3. The van der Waals surface area contributed by atoms with E-state index in [1.165, 1.54) is 24.3 Å². The van der Waals surface area contributed by atoms with Crippen LogP contribution in [0.25, 0.3) is 0 Å². The molecule has 2 aromatic carbocycles. The molecule has 0 aromatic heterocycles. The van der Waals surface area contributed by atoms with E-state index < -0.39 is 4.92 Å². The van der Waals surface area contributed by atoms with E-state index in [0.29, 0.717) is 18.5 Å². The van der Waals surface area contributed by atoms with E-state index >= 15 is 0 Å². The first-order chi connectivity index (χ1) is 14.0. The number of fused-ring (bicyclic) bond motifs is 1. The summed E-state index contributed by atoms with van der Waals surface area (Å²) >= 11 is 0. The van der Waals surface area contributed by atoms with E-state index in [0.717, 1.165) is 43.4 Å². The number of carbonyl (C=O) groups excluding carboxylic acids is 1. The van der Waals surface area contributed by atoms with Gasteiger partial charge < -0.3 is 14.7 Å². The topological polar surface area (TPSA) is 82.3 Å². The third-order valence-electron chi connectivity index (χ3n) is 5.42. The molecule has 0 aliphatic carbocycles. The Balaban J connectivity index is 1.61. The van der Waals surface area contributed by atoms with E-state index in [9.17, 15) is 14.9 Å². The summed E-state index contributed by atoms with van der Waals surface area (Å²) in [6, 6.07) is 13.4. The zero-order valence-electron chi connectivity index (χ0n) is 16.3. The smallest absolute Gasteiger partial charge is 0.269 e. The molecular formula is C21H23N5O3. The highest BCUT2D eigenvalue weighted by atomic mass is 16.6. The van der Waals surface area contributed by atoms with Gasteiger partial charge in [-0.05, 0) is 31.3 Å². The number of anilines is 1. The van der Waals surface area contributed by atoms with Gasteiger partial charge in [-0.1, -0.05) is 12.1 Å². The van der Waals surface area contributed by atoms with Crippen LogP contribution in [0.5, 0.6) is 0 Å². The quantitative estimate of drug-likeness (QED) is 0.579. The minimum Gasteiger partial charge on any atom is -0.357 e. The molecule has 0 spiro atoms. The van der Waals surface area contributed by atoms with Crippen LogP contribution in [0.4, 0.5) is 17.1 Å². The van der Waals surface area contributed by atoms with Gasteiger partial charge in [-0.3, -0.25) is 14.9 Å². The van der Waals surface area contributed by atoms with Crippen molar-refractivity contribution in [3.05, 3.63) is 64.2 Å². The molecule has 4 rings (SSSR count). The number of likely N-dealkylation sites (N-methyl/N-ethyl adjacent to an activating group) is 1. The first-order valence-electron chi connectivity index (χ1n) is 9.69. The average molecular weight is 393 g/mol. The van der Waals surface area contributed by atoms with Crippen LogP contribution in [0, 0.1) is 10.1 Å². The Hall–Kier alpha value is -3.26. The average Bonchev–Trinajstić information content (AvgIpc) is 2.93. The van der Waals surface area contributed by atoms with Gasteiger partial charge in [-0.15, -0.1) is 0 Å². The number of hydrogen-bond acceptors (Lipinski definition) is 6. The third-order valence-corrected chi connectivity index (χ3v) is 5.42. The Kier molecular flexibility index (Phi) is 5.26. The van der Waals surface area contributed by atoms with Gasteiger partial charge in [-0.25, -0.2) is 4.99 Å². The molecule has 0 saturated carbocycles. The van der Waals surface area contributed by atoms with Crippen LogP contribution in [0.3, 0.4) is 0 Å². The Morgan fingerprint density at radius 1 is 1.00 bits per heavy atom. The third kappa shape index (κ3) is 3.97. The molecule has 0 atom stereocenters. The molecular weight excluding hydrogens is 370 g/mol. The van der Waals surface area contributed by atoms with Crippen LogP contribution >= 0.6 is 0 Å². The molecule has 1 saturated heterocycles. The van der Waals surface area contributed by atoms with Gasteiger partial charge in [0.05, 0.1) is 16.3 Å². The monoisotopic (exact) mass is 393 g/mol. The lowest BCUT2D eigenvalue weighted by Gasteiger charge is -2.34. The maximum atomic E-state index is 13.2. The fraction of sp³-hybridized carbons (Fsp3) is 0.333. The number of rotatable bonds is 2. The summed E-state index contributed by atoms with van der Waals surface area (Å²) in [6.07, 6.45) is 0.664. The summed E-state index contributed by atoms with van der Waals surface area (Å²) in [5.41, 5.74) is 1.93. The number of piperazine rings is 1. The molecule has 0 radical (unpaired) electrons. The second-order valence-corrected chi connectivity index (χ2v) is 7.32. The normalized spacial score (nSPS) is 17.3. The van der Waals surface area contributed by atoms with E-state index in [2.05, 4.69) is 16.8 Å². The van der Waals surface area contributed by atoms with Crippen molar-refractivity contribution in [2.45, 2.75) is 6.42 Å². The molecule has 2 aromatic rings. The maximum Gasteiger partial charge on any atom is 0.269 e. The number of amidine groups is 1. The van der Waals surface area contributed by atoms with Crippen molar-refractivity contribution in [2.75, 3.05) is 44.7 Å². The van der Waals surface area contributed by atoms with Crippen LogP contribution < -0.4 is 4.90 Å². The maximum absolute atomic E-state index is 13.2. The molecule has 2 aliphatic rings. The second kappa shape index (κ2) is 8.00. The first-order valence-corrected chi connectivity index (χ1v) is 9.69. The van der Waals surface area contributed by atoms with Crippen molar-refractivity contribution in [3.8, 4) is 0 Å². The number of carbonyl (C=O) groups is 1. The molecule has 2 aliphatic heterocycles. The number of nitro benzene ring substituents is 1. The number of benzene rings is 2. The molecule has 8 nitrogen and oxygen atoms in total. The van der Waals surface area contributed by atoms with Gasteiger partial charge in [0.1, 0.15) is 5.84 Å². The van der Waals surface area contributed by atoms with Crippen LogP contribution in [-0.2, 0) is 0 Å². The van der Waals surface area contributed by atoms with Gasteiger partial charge in [0.2, 0.25) is 0 Å². The van der Waals surface area contributed by atoms with E-state index in [1.807, 2.05) is 24.3 Å². The van der Waals surface area contributed by atoms with Crippen molar-refractivity contribution in [3.63, 3.8) is 0 Å². The highest BCUT2D eigenvalue weighted by Crippen LogP contribution is 2.33. The van der Waals surface area contributed by atoms with Crippen molar-refractivity contribution in [1.82, 2.24) is 9.80 Å². The first kappa shape index (κ1) is 19.1. The number of aliphatic imine (C=N–C) groups is 1. The molecule has 150 valence electrons. The summed E-state index contributed by atoms with van der Waals surface area (Å²) in [5.74, 6) is 0.826. The molecule has 0 unspecified atom stereocenters. The Morgan fingerprint density at radius 3 is 2.38 bits per heavy atom. The molecule has 0 bridgehead atoms. The van der Waals surface area contributed by atoms with Crippen LogP contribution in [0.2, 0.25) is 0 Å². The SMILES string of the molecule is CN1CCN(C2=Nc3ccccc3N(C(=O)c3ccc([N+](=O)[O-])cc3)CC2)CC1. The lowest BCUT2D eigenvalue weighted by molar-refractivity contribution is -0.384. The van der Waals surface area contributed by atoms with Crippen molar-refractivity contribution in [1.29, 1.82) is 0 Å². The summed E-state index contributed by atoms with van der Waals surface area (Å²) in [5, 5.41) is 10.9. The highest BCUT2D eigenvalue weighted by molar-refractivity contribution is 6.09. The highest BCUT2D eigenvalue weighted by Gasteiger charge is 2.26. The van der Waals surface area contributed by atoms with Crippen LogP contribution in [-0.4, -0.2) is 66.2 Å². The lowest BCUT2D eigenvalue weighted by Crippen LogP contribution is -2.47. The van der Waals surface area contributed by atoms with Crippen molar-refractivity contribution in [2.24, 2.45) is 4.99 Å². The van der Waals surface area contributed by atoms with Crippen molar-refractivity contribution < 1.29 is 9.72 Å². The van der Waals surface area contributed by atoms with E-state index in [4.69, 9.17) is 4.99 Å². The van der Waals surface area contributed by atoms with E-state index in [1.54, 1.807) is 4.90 Å². The summed E-state index contributed by atoms with van der Waals surface area (Å²) in [7, 11) is 2.12. The number of hydrogen-bond donors (Lipinski definition) is 0. The Labute approximate surface area is 169 Å². The van der Waals surface area contributed by atoms with Gasteiger partial charge in [-0.2, -0.15) is 0 Å². The number of nitrogens with zero attached hydrogens (tertiary/aromatic N) is 5. The zero-order chi connectivity index (χ0) is 20.4. The van der Waals surface area contributed by atoms with Gasteiger partial charge >= 0.3 is 0 Å². The fourth-order valence-electron chi connectivity index (χ4n) is 3.70. The molecule has 29 heavy (non-hydrogen) atoms. The minimum absolute atomic E-state index is 0.0292. The number of non-ortho nitro benzene ring substituents is 1. The number of nitro groups is 1. The predicted octanol–water partition coefficient (Wildman–Crippen LogP) is 2.92. The van der Waals surface area contributed by atoms with Gasteiger partial charge in [0.15, 0.2) is 0 Å². The second-order valence-electron chi connectivity index (χ2n) is 7.32. The molecule has 0 N–H and O–H groups in total. The fourth-order valence-corrected chi connectivity index (χ4v) is 3.70. The minimum atomic E-state index is -0.467. The Bertz CT molecular complexity index is 949. The molecule has 8 heteroatoms. The van der Waals surface area contributed by atoms with Gasteiger partial charge in [0.25, 0.3) is 11.6 Å². The number of para-hydroxylation sites is 2. The summed E-state index contributed by atoms with van der Waals surface area (Å²) in [4.78, 5) is 34.8. The summed E-state index contributed by atoms with van der Waals surface area (Å²) in [6.45, 7) is 4.35. The van der Waals surface area contributed by atoms with Crippen molar-refractivity contribution >= 4 is 28.8 Å². The molecule has 2 heterocycles. The number of amides is 1. The largest absolute Gasteiger partial charge is 0.357 e. The van der Waals surface area contributed by atoms with Gasteiger partial charge in [0, 0.05) is 56.8 Å².